The lowest BCUT2D eigenvalue weighted by atomic mass is 9.95. The largest absolute Gasteiger partial charge is 0.493 e. The maximum atomic E-state index is 12.3. The molecule has 39 heavy (non-hydrogen) atoms. The van der Waals surface area contributed by atoms with E-state index < -0.39 is 23.9 Å². The SMILES string of the molecule is CCOc1c(Br)cc(/C=N\NC(=O)COc2ccc([C@H]3NC(=O)NC(C)=C3C(=O)OC)cc2OC)cc1OC. The Bertz CT molecular complexity index is 1310. The summed E-state index contributed by atoms with van der Waals surface area (Å²) in [4.78, 5) is 36.7. The maximum Gasteiger partial charge on any atom is 0.337 e. The predicted octanol–water partition coefficient (Wildman–Crippen LogP) is 3.20. The third kappa shape index (κ3) is 7.19. The zero-order chi connectivity index (χ0) is 28.5. The number of carbonyl (C=O) groups is 3. The van der Waals surface area contributed by atoms with Gasteiger partial charge in [-0.15, -0.1) is 0 Å². The van der Waals surface area contributed by atoms with E-state index in [4.69, 9.17) is 23.7 Å². The molecule has 3 N–H and O–H groups in total. The van der Waals surface area contributed by atoms with E-state index in [0.29, 0.717) is 45.2 Å². The highest BCUT2D eigenvalue weighted by Crippen LogP contribution is 2.36. The molecule has 0 unspecified atom stereocenters. The van der Waals surface area contributed by atoms with Crippen molar-refractivity contribution in [1.82, 2.24) is 16.1 Å². The van der Waals surface area contributed by atoms with Gasteiger partial charge in [0.05, 0.1) is 50.2 Å². The summed E-state index contributed by atoms with van der Waals surface area (Å²) in [6, 6.07) is 7.10. The fourth-order valence-corrected chi connectivity index (χ4v) is 4.33. The molecule has 1 atom stereocenters. The number of hydrogen-bond acceptors (Lipinski definition) is 9. The fourth-order valence-electron chi connectivity index (χ4n) is 3.76. The minimum absolute atomic E-state index is 0.252. The second kappa shape index (κ2) is 13.5. The van der Waals surface area contributed by atoms with Gasteiger partial charge in [0.25, 0.3) is 5.91 Å². The van der Waals surface area contributed by atoms with Crippen LogP contribution in [-0.2, 0) is 14.3 Å². The molecule has 0 aliphatic carbocycles. The summed E-state index contributed by atoms with van der Waals surface area (Å²) in [5.74, 6) is 0.575. The second-order valence-corrected chi connectivity index (χ2v) is 8.88. The summed E-state index contributed by atoms with van der Waals surface area (Å²) in [6.07, 6.45) is 1.46. The van der Waals surface area contributed by atoms with Crippen molar-refractivity contribution in [2.45, 2.75) is 19.9 Å². The predicted molar refractivity (Wildman–Crippen MR) is 145 cm³/mol. The molecular formula is C26H29BrN4O8. The van der Waals surface area contributed by atoms with Crippen LogP contribution in [0.2, 0.25) is 0 Å². The van der Waals surface area contributed by atoms with E-state index in [1.165, 1.54) is 27.5 Å². The Morgan fingerprint density at radius 1 is 1.08 bits per heavy atom. The van der Waals surface area contributed by atoms with E-state index in [0.717, 1.165) is 0 Å². The number of halogens is 1. The van der Waals surface area contributed by atoms with Gasteiger partial charge in [0.1, 0.15) is 0 Å². The summed E-state index contributed by atoms with van der Waals surface area (Å²) in [7, 11) is 4.23. The van der Waals surface area contributed by atoms with Gasteiger partial charge >= 0.3 is 12.0 Å². The normalized spacial score (nSPS) is 14.8. The van der Waals surface area contributed by atoms with Crippen molar-refractivity contribution in [3.05, 3.63) is 57.2 Å². The topological polar surface area (TPSA) is 146 Å². The van der Waals surface area contributed by atoms with Crippen LogP contribution in [0.5, 0.6) is 23.0 Å². The Kier molecular flexibility index (Phi) is 10.1. The summed E-state index contributed by atoms with van der Waals surface area (Å²) in [5.41, 5.74) is 4.25. The number of allylic oxidation sites excluding steroid dienone is 1. The Labute approximate surface area is 233 Å². The van der Waals surface area contributed by atoms with Gasteiger partial charge < -0.3 is 34.3 Å². The summed E-state index contributed by atoms with van der Waals surface area (Å²) >= 11 is 3.44. The molecule has 0 saturated carbocycles. The molecule has 0 radical (unpaired) electrons. The number of benzene rings is 2. The molecule has 2 aromatic carbocycles. The summed E-state index contributed by atoms with van der Waals surface area (Å²) < 4.78 is 27.5. The number of carbonyl (C=O) groups excluding carboxylic acids is 3. The maximum absolute atomic E-state index is 12.3. The molecular weight excluding hydrogens is 576 g/mol. The zero-order valence-electron chi connectivity index (χ0n) is 22.0. The third-order valence-electron chi connectivity index (χ3n) is 5.50. The lowest BCUT2D eigenvalue weighted by molar-refractivity contribution is -0.136. The van der Waals surface area contributed by atoms with Crippen molar-refractivity contribution in [3.8, 4) is 23.0 Å². The number of urea groups is 1. The van der Waals surface area contributed by atoms with E-state index in [1.807, 2.05) is 6.92 Å². The van der Waals surface area contributed by atoms with Crippen LogP contribution < -0.4 is 35.0 Å². The van der Waals surface area contributed by atoms with E-state index >= 15 is 0 Å². The van der Waals surface area contributed by atoms with E-state index in [2.05, 4.69) is 37.1 Å². The van der Waals surface area contributed by atoms with E-state index in [9.17, 15) is 14.4 Å². The van der Waals surface area contributed by atoms with Crippen LogP contribution >= 0.6 is 15.9 Å². The third-order valence-corrected chi connectivity index (χ3v) is 6.09. The number of ether oxygens (including phenoxy) is 5. The number of hydrogen-bond donors (Lipinski definition) is 3. The molecule has 1 aliphatic rings. The average molecular weight is 605 g/mol. The molecule has 1 aliphatic heterocycles. The molecule has 12 nitrogen and oxygen atoms in total. The number of esters is 1. The first-order valence-electron chi connectivity index (χ1n) is 11.7. The molecule has 0 aromatic heterocycles. The van der Waals surface area contributed by atoms with Gasteiger partial charge in [-0.05, 0) is 65.2 Å². The first-order chi connectivity index (χ1) is 18.7. The minimum Gasteiger partial charge on any atom is -0.493 e. The number of nitrogens with one attached hydrogen (secondary N) is 3. The van der Waals surface area contributed by atoms with Crippen LogP contribution in [0.15, 0.2) is 51.2 Å². The quantitative estimate of drug-likeness (QED) is 0.201. The smallest absolute Gasteiger partial charge is 0.337 e. The standard InChI is InChI=1S/C26H29BrN4O8/c1-6-38-24-17(27)9-15(10-20(24)36-4)12-28-31-21(32)13-39-18-8-7-16(11-19(18)35-3)23-22(25(33)37-5)14(2)29-26(34)30-23/h7-12,23H,6,13H2,1-5H3,(H,31,32)(H2,29,30,34)/b28-12-/t23-/m1/s1. The Balaban J connectivity index is 1.67. The van der Waals surface area contributed by atoms with Crippen LogP contribution in [0, 0.1) is 0 Å². The number of amides is 3. The summed E-state index contributed by atoms with van der Waals surface area (Å²) in [6.45, 7) is 3.61. The molecule has 1 heterocycles. The molecule has 0 spiro atoms. The monoisotopic (exact) mass is 604 g/mol. The number of hydrazone groups is 1. The van der Waals surface area contributed by atoms with Crippen molar-refractivity contribution in [3.63, 3.8) is 0 Å². The van der Waals surface area contributed by atoms with Crippen LogP contribution in [0.4, 0.5) is 4.79 Å². The highest BCUT2D eigenvalue weighted by Gasteiger charge is 2.32. The first kappa shape index (κ1) is 29.3. The van der Waals surface area contributed by atoms with Crippen molar-refractivity contribution in [2.75, 3.05) is 34.5 Å². The van der Waals surface area contributed by atoms with Gasteiger partial charge in [-0.3, -0.25) is 4.79 Å². The van der Waals surface area contributed by atoms with Crippen LogP contribution in [0.3, 0.4) is 0 Å². The molecule has 3 rings (SSSR count). The van der Waals surface area contributed by atoms with Crippen LogP contribution in [-0.4, -0.2) is 58.7 Å². The van der Waals surface area contributed by atoms with Gasteiger partial charge in [0.15, 0.2) is 29.6 Å². The molecule has 2 aromatic rings. The van der Waals surface area contributed by atoms with Gasteiger partial charge in [-0.25, -0.2) is 15.0 Å². The molecule has 0 fully saturated rings. The van der Waals surface area contributed by atoms with Crippen molar-refractivity contribution in [1.29, 1.82) is 0 Å². The number of methoxy groups -OCH3 is 3. The molecule has 0 bridgehead atoms. The van der Waals surface area contributed by atoms with Gasteiger partial charge in [0, 0.05) is 5.70 Å². The van der Waals surface area contributed by atoms with Crippen molar-refractivity contribution in [2.24, 2.45) is 5.10 Å². The fraction of sp³-hybridized carbons (Fsp3) is 0.308. The Morgan fingerprint density at radius 3 is 2.49 bits per heavy atom. The minimum atomic E-state index is -0.770. The number of nitrogens with zero attached hydrogens (tertiary/aromatic N) is 1. The van der Waals surface area contributed by atoms with Crippen LogP contribution in [0.1, 0.15) is 31.0 Å². The highest BCUT2D eigenvalue weighted by molar-refractivity contribution is 9.10. The van der Waals surface area contributed by atoms with Gasteiger partial charge in [-0.1, -0.05) is 6.07 Å². The summed E-state index contributed by atoms with van der Waals surface area (Å²) in [5, 5.41) is 9.23. The van der Waals surface area contributed by atoms with Crippen molar-refractivity contribution < 1.29 is 38.1 Å². The number of rotatable bonds is 11. The molecule has 3 amide bonds. The average Bonchev–Trinajstić information content (AvgIpc) is 2.92. The lowest BCUT2D eigenvalue weighted by Gasteiger charge is -2.28. The van der Waals surface area contributed by atoms with Crippen molar-refractivity contribution >= 4 is 40.1 Å². The molecule has 13 heteroatoms. The highest BCUT2D eigenvalue weighted by atomic mass is 79.9. The van der Waals surface area contributed by atoms with Crippen LogP contribution in [0.25, 0.3) is 0 Å². The molecule has 208 valence electrons. The Hall–Kier alpha value is -4.26. The Morgan fingerprint density at radius 2 is 1.82 bits per heavy atom. The second-order valence-electron chi connectivity index (χ2n) is 8.02. The van der Waals surface area contributed by atoms with Gasteiger partial charge in [0.2, 0.25) is 0 Å². The van der Waals surface area contributed by atoms with E-state index in [-0.39, 0.29) is 17.9 Å². The lowest BCUT2D eigenvalue weighted by Crippen LogP contribution is -2.45. The zero-order valence-corrected chi connectivity index (χ0v) is 23.6. The van der Waals surface area contributed by atoms with E-state index in [1.54, 1.807) is 37.3 Å². The van der Waals surface area contributed by atoms with Gasteiger partial charge in [-0.2, -0.15) is 5.10 Å². The first-order valence-corrected chi connectivity index (χ1v) is 12.5. The molecule has 0 saturated heterocycles.